The second-order valence-corrected chi connectivity index (χ2v) is 14.4. The maximum Gasteiger partial charge on any atom is 0.238 e. The van der Waals surface area contributed by atoms with Crippen LogP contribution >= 0.6 is 0 Å². The summed E-state index contributed by atoms with van der Waals surface area (Å²) in [4.78, 5) is 18.0. The van der Waals surface area contributed by atoms with Crippen molar-refractivity contribution >= 4 is 61.2 Å². The molecule has 0 bridgehead atoms. The molecule has 0 unspecified atom stereocenters. The molecule has 3 aromatic heterocycles. The van der Waals surface area contributed by atoms with E-state index in [1.54, 1.807) is 0 Å². The Bertz CT molecular complexity index is 2970. The summed E-state index contributed by atoms with van der Waals surface area (Å²) >= 11 is 0. The van der Waals surface area contributed by atoms with Gasteiger partial charge < -0.3 is 8.83 Å². The van der Waals surface area contributed by atoms with Gasteiger partial charge in [0.2, 0.25) is 5.95 Å². The Morgan fingerprint density at radius 2 is 1.00 bits per heavy atom. The summed E-state index contributed by atoms with van der Waals surface area (Å²) < 4.78 is 12.4. The van der Waals surface area contributed by atoms with E-state index in [4.69, 9.17) is 23.8 Å². The standard InChI is InChI=1S/C48H32N4O2/c1-48(2)37-18-9-6-17-34(37)44-38(48)19-12-20-39(44)52(31-13-4-3-5-14-31)47-50-45(29-23-25-42-35(27-29)32-15-7-10-21-40(32)53-42)49-46(51-47)30-24-26-43-36(28-30)33-16-8-11-22-41(33)54-43/h3-28H,1-2H3. The lowest BCUT2D eigenvalue weighted by Gasteiger charge is -2.27. The first-order valence-electron chi connectivity index (χ1n) is 18.2. The Hall–Kier alpha value is -7.05. The third-order valence-electron chi connectivity index (χ3n) is 10.9. The van der Waals surface area contributed by atoms with Crippen LogP contribution in [-0.2, 0) is 5.41 Å². The first-order chi connectivity index (χ1) is 26.5. The van der Waals surface area contributed by atoms with Crippen molar-refractivity contribution in [3.63, 3.8) is 0 Å². The quantitative estimate of drug-likeness (QED) is 0.178. The topological polar surface area (TPSA) is 68.2 Å². The van der Waals surface area contributed by atoms with Crippen molar-refractivity contribution in [2.24, 2.45) is 0 Å². The molecule has 54 heavy (non-hydrogen) atoms. The molecule has 0 aliphatic heterocycles. The number of nitrogens with zero attached hydrogens (tertiary/aromatic N) is 4. The fourth-order valence-electron chi connectivity index (χ4n) is 8.31. The van der Waals surface area contributed by atoms with E-state index in [1.807, 2.05) is 66.7 Å². The van der Waals surface area contributed by atoms with E-state index >= 15 is 0 Å². The van der Waals surface area contributed by atoms with E-state index in [-0.39, 0.29) is 5.41 Å². The number of benzene rings is 7. The zero-order valence-corrected chi connectivity index (χ0v) is 29.6. The first-order valence-corrected chi connectivity index (χ1v) is 18.2. The average Bonchev–Trinajstić information content (AvgIpc) is 3.86. The molecule has 6 nitrogen and oxygen atoms in total. The van der Waals surface area contributed by atoms with Gasteiger partial charge in [-0.3, -0.25) is 4.90 Å². The van der Waals surface area contributed by atoms with Gasteiger partial charge in [-0.05, 0) is 83.4 Å². The van der Waals surface area contributed by atoms with Gasteiger partial charge in [-0.1, -0.05) is 105 Å². The molecule has 6 heteroatoms. The number of aromatic nitrogens is 3. The summed E-state index contributed by atoms with van der Waals surface area (Å²) in [5.74, 6) is 1.65. The number of para-hydroxylation sites is 3. The summed E-state index contributed by atoms with van der Waals surface area (Å²) in [6, 6.07) is 54.3. The predicted octanol–water partition coefficient (Wildman–Crippen LogP) is 12.8. The highest BCUT2D eigenvalue weighted by atomic mass is 16.3. The van der Waals surface area contributed by atoms with E-state index < -0.39 is 0 Å². The molecular formula is C48H32N4O2. The van der Waals surface area contributed by atoms with E-state index in [0.717, 1.165) is 66.4 Å². The van der Waals surface area contributed by atoms with Crippen LogP contribution in [0.3, 0.4) is 0 Å². The van der Waals surface area contributed by atoms with Crippen molar-refractivity contribution in [3.8, 4) is 33.9 Å². The van der Waals surface area contributed by atoms with Crippen LogP contribution in [-0.4, -0.2) is 15.0 Å². The van der Waals surface area contributed by atoms with Gasteiger partial charge in [-0.15, -0.1) is 0 Å². The summed E-state index contributed by atoms with van der Waals surface area (Å²) in [6.07, 6.45) is 0. The molecule has 0 amide bonds. The molecule has 0 saturated heterocycles. The number of hydrogen-bond acceptors (Lipinski definition) is 6. The zero-order valence-electron chi connectivity index (χ0n) is 29.6. The van der Waals surface area contributed by atoms with Gasteiger partial charge in [0.25, 0.3) is 0 Å². The minimum absolute atomic E-state index is 0.175. The molecule has 1 aliphatic rings. The molecular weight excluding hydrogens is 665 g/mol. The number of fused-ring (bicyclic) bond motifs is 9. The van der Waals surface area contributed by atoms with Crippen LogP contribution in [0.5, 0.6) is 0 Å². The van der Waals surface area contributed by atoms with Crippen molar-refractivity contribution < 1.29 is 8.83 Å². The molecule has 0 fully saturated rings. The molecule has 256 valence electrons. The summed E-state index contributed by atoms with van der Waals surface area (Å²) in [7, 11) is 0. The van der Waals surface area contributed by atoms with E-state index in [1.165, 1.54) is 22.3 Å². The fourth-order valence-corrected chi connectivity index (χ4v) is 8.31. The van der Waals surface area contributed by atoms with Crippen LogP contribution in [0.1, 0.15) is 25.0 Å². The van der Waals surface area contributed by atoms with E-state index in [0.29, 0.717) is 17.6 Å². The second-order valence-electron chi connectivity index (χ2n) is 14.4. The molecule has 3 heterocycles. The van der Waals surface area contributed by atoms with Crippen LogP contribution < -0.4 is 4.90 Å². The largest absolute Gasteiger partial charge is 0.456 e. The average molecular weight is 697 g/mol. The highest BCUT2D eigenvalue weighted by molar-refractivity contribution is 6.07. The lowest BCUT2D eigenvalue weighted by molar-refractivity contribution is 0.660. The third kappa shape index (κ3) is 4.56. The molecule has 1 aliphatic carbocycles. The van der Waals surface area contributed by atoms with Gasteiger partial charge in [0, 0.05) is 49.3 Å². The minimum atomic E-state index is -0.175. The van der Waals surface area contributed by atoms with Crippen LogP contribution in [0, 0.1) is 0 Å². The molecule has 10 aromatic rings. The van der Waals surface area contributed by atoms with Crippen molar-refractivity contribution in [2.45, 2.75) is 19.3 Å². The third-order valence-corrected chi connectivity index (χ3v) is 10.9. The Balaban J connectivity index is 1.19. The van der Waals surface area contributed by atoms with Crippen LogP contribution in [0.4, 0.5) is 17.3 Å². The zero-order chi connectivity index (χ0) is 36.0. The van der Waals surface area contributed by atoms with E-state index in [2.05, 4.69) is 110 Å². The Labute approximate surface area is 311 Å². The molecule has 11 rings (SSSR count). The normalized spacial score (nSPS) is 13.1. The molecule has 0 radical (unpaired) electrons. The highest BCUT2D eigenvalue weighted by Gasteiger charge is 2.38. The van der Waals surface area contributed by atoms with Crippen molar-refractivity contribution in [3.05, 3.63) is 169 Å². The molecule has 0 N–H and O–H groups in total. The lowest BCUT2D eigenvalue weighted by Crippen LogP contribution is -2.17. The Kier molecular flexibility index (Phi) is 6.49. The monoisotopic (exact) mass is 696 g/mol. The van der Waals surface area contributed by atoms with Gasteiger partial charge in [-0.25, -0.2) is 4.98 Å². The van der Waals surface area contributed by atoms with Crippen molar-refractivity contribution in [1.82, 2.24) is 15.0 Å². The SMILES string of the molecule is CC1(C)c2ccccc2-c2c(N(c3ccccc3)c3nc(-c4ccc5oc6ccccc6c5c4)nc(-c4ccc5oc6ccccc6c5c4)n3)cccc21. The second kappa shape index (κ2) is 11.5. The van der Waals surface area contributed by atoms with Gasteiger partial charge in [0.1, 0.15) is 22.3 Å². The highest BCUT2D eigenvalue weighted by Crippen LogP contribution is 2.54. The van der Waals surface area contributed by atoms with Crippen LogP contribution in [0.25, 0.3) is 77.8 Å². The van der Waals surface area contributed by atoms with E-state index in [9.17, 15) is 0 Å². The molecule has 0 saturated carbocycles. The summed E-state index contributed by atoms with van der Waals surface area (Å²) in [5.41, 5.74) is 11.8. The number of anilines is 3. The lowest BCUT2D eigenvalue weighted by atomic mass is 9.82. The number of hydrogen-bond donors (Lipinski definition) is 0. The van der Waals surface area contributed by atoms with Gasteiger partial charge >= 0.3 is 0 Å². The maximum atomic E-state index is 6.20. The summed E-state index contributed by atoms with van der Waals surface area (Å²) in [6.45, 7) is 4.61. The smallest absolute Gasteiger partial charge is 0.238 e. The molecule has 0 spiro atoms. The maximum absolute atomic E-state index is 6.20. The number of rotatable bonds is 5. The van der Waals surface area contributed by atoms with Crippen LogP contribution in [0.15, 0.2) is 167 Å². The van der Waals surface area contributed by atoms with Crippen molar-refractivity contribution in [1.29, 1.82) is 0 Å². The van der Waals surface area contributed by atoms with Gasteiger partial charge in [0.15, 0.2) is 11.6 Å². The Morgan fingerprint density at radius 3 is 1.65 bits per heavy atom. The van der Waals surface area contributed by atoms with Crippen molar-refractivity contribution in [2.75, 3.05) is 4.90 Å². The predicted molar refractivity (Wildman–Crippen MR) is 218 cm³/mol. The summed E-state index contributed by atoms with van der Waals surface area (Å²) in [5, 5.41) is 4.12. The van der Waals surface area contributed by atoms with Crippen LogP contribution in [0.2, 0.25) is 0 Å². The fraction of sp³-hybridized carbons (Fsp3) is 0.0625. The minimum Gasteiger partial charge on any atom is -0.456 e. The Morgan fingerprint density at radius 1 is 0.463 bits per heavy atom. The van der Waals surface area contributed by atoms with Gasteiger partial charge in [0.05, 0.1) is 5.69 Å². The molecule has 7 aromatic carbocycles. The first kappa shape index (κ1) is 30.6. The molecule has 0 atom stereocenters. The number of furan rings is 2. The van der Waals surface area contributed by atoms with Gasteiger partial charge in [-0.2, -0.15) is 9.97 Å².